The molecule has 108 valence electrons. The van der Waals surface area contributed by atoms with Crippen LogP contribution in [0.1, 0.15) is 36.0 Å². The molecule has 1 spiro atoms. The van der Waals surface area contributed by atoms with Gasteiger partial charge in [-0.1, -0.05) is 6.42 Å². The lowest BCUT2D eigenvalue weighted by molar-refractivity contribution is -0.127. The molecule has 1 N–H and O–H groups in total. The van der Waals surface area contributed by atoms with Gasteiger partial charge in [-0.05, 0) is 25.3 Å². The first kappa shape index (κ1) is 13.2. The van der Waals surface area contributed by atoms with E-state index in [2.05, 4.69) is 5.32 Å². The molecule has 5 heteroatoms. The van der Waals surface area contributed by atoms with Crippen LogP contribution < -0.4 is 5.32 Å². The molecule has 0 bridgehead atoms. The summed E-state index contributed by atoms with van der Waals surface area (Å²) in [6.07, 6.45) is 6.98. The van der Waals surface area contributed by atoms with Crippen LogP contribution in [-0.4, -0.2) is 36.9 Å². The van der Waals surface area contributed by atoms with E-state index in [1.165, 1.54) is 12.5 Å². The van der Waals surface area contributed by atoms with Crippen molar-refractivity contribution in [3.05, 3.63) is 24.2 Å². The van der Waals surface area contributed by atoms with Crippen molar-refractivity contribution < 1.29 is 14.0 Å². The summed E-state index contributed by atoms with van der Waals surface area (Å²) in [5.41, 5.74) is 0.580. The third-order valence-corrected chi connectivity index (χ3v) is 4.91. The summed E-state index contributed by atoms with van der Waals surface area (Å²) in [5, 5.41) is 2.77. The second-order valence-corrected chi connectivity index (χ2v) is 5.91. The van der Waals surface area contributed by atoms with Gasteiger partial charge in [0.2, 0.25) is 5.91 Å². The second-order valence-electron chi connectivity index (χ2n) is 5.91. The maximum atomic E-state index is 12.4. The standard InChI is InChI=1S/C15H20N2O3/c1-16-13(18)12-3-2-5-15(12)6-7-17(10-15)14(19)11-4-8-20-9-11/h4,8-9,12H,2-3,5-7,10H2,1H3,(H,16,18)/t12-,15-/m1/s1. The molecule has 0 aromatic carbocycles. The average Bonchev–Trinajstić information content (AvgIpc) is 3.19. The number of hydrogen-bond donors (Lipinski definition) is 1. The van der Waals surface area contributed by atoms with Gasteiger partial charge >= 0.3 is 0 Å². The average molecular weight is 276 g/mol. The van der Waals surface area contributed by atoms with E-state index in [4.69, 9.17) is 4.42 Å². The van der Waals surface area contributed by atoms with Crippen molar-refractivity contribution in [1.29, 1.82) is 0 Å². The van der Waals surface area contributed by atoms with E-state index in [9.17, 15) is 9.59 Å². The maximum absolute atomic E-state index is 12.4. The van der Waals surface area contributed by atoms with Crippen molar-refractivity contribution in [3.8, 4) is 0 Å². The minimum Gasteiger partial charge on any atom is -0.472 e. The van der Waals surface area contributed by atoms with Crippen LogP contribution in [0.2, 0.25) is 0 Å². The summed E-state index contributed by atoms with van der Waals surface area (Å²) < 4.78 is 4.98. The zero-order valence-corrected chi connectivity index (χ0v) is 11.7. The van der Waals surface area contributed by atoms with Crippen LogP contribution in [0.25, 0.3) is 0 Å². The van der Waals surface area contributed by atoms with Gasteiger partial charge in [0.1, 0.15) is 6.26 Å². The van der Waals surface area contributed by atoms with E-state index in [0.717, 1.165) is 32.2 Å². The molecular weight excluding hydrogens is 256 g/mol. The Hall–Kier alpha value is -1.78. The van der Waals surface area contributed by atoms with Gasteiger partial charge in [-0.25, -0.2) is 0 Å². The van der Waals surface area contributed by atoms with Crippen LogP contribution in [0, 0.1) is 11.3 Å². The molecule has 5 nitrogen and oxygen atoms in total. The van der Waals surface area contributed by atoms with E-state index in [0.29, 0.717) is 12.1 Å². The van der Waals surface area contributed by atoms with Gasteiger partial charge in [-0.3, -0.25) is 9.59 Å². The SMILES string of the molecule is CNC(=O)[C@H]1CCC[C@]12CCN(C(=O)c1ccoc1)C2. The van der Waals surface area contributed by atoms with Gasteiger partial charge in [-0.15, -0.1) is 0 Å². The van der Waals surface area contributed by atoms with E-state index < -0.39 is 0 Å². The Morgan fingerprint density at radius 2 is 2.30 bits per heavy atom. The van der Waals surface area contributed by atoms with Crippen LogP contribution >= 0.6 is 0 Å². The first-order valence-electron chi connectivity index (χ1n) is 7.19. The fraction of sp³-hybridized carbons (Fsp3) is 0.600. The van der Waals surface area contributed by atoms with Crippen LogP contribution in [0.5, 0.6) is 0 Å². The highest BCUT2D eigenvalue weighted by atomic mass is 16.3. The smallest absolute Gasteiger partial charge is 0.257 e. The molecule has 0 unspecified atom stereocenters. The second kappa shape index (κ2) is 4.96. The zero-order valence-electron chi connectivity index (χ0n) is 11.7. The van der Waals surface area contributed by atoms with Crippen molar-refractivity contribution in [3.63, 3.8) is 0 Å². The van der Waals surface area contributed by atoms with Gasteiger partial charge < -0.3 is 14.6 Å². The first-order valence-corrected chi connectivity index (χ1v) is 7.19. The number of hydrogen-bond acceptors (Lipinski definition) is 3. The Bertz CT molecular complexity index is 511. The molecule has 1 aliphatic heterocycles. The Labute approximate surface area is 118 Å². The number of nitrogens with one attached hydrogen (secondary N) is 1. The van der Waals surface area contributed by atoms with Crippen molar-refractivity contribution >= 4 is 11.8 Å². The zero-order chi connectivity index (χ0) is 14.2. The topological polar surface area (TPSA) is 62.6 Å². The summed E-state index contributed by atoms with van der Waals surface area (Å²) >= 11 is 0. The number of rotatable bonds is 2. The van der Waals surface area contributed by atoms with E-state index in [-0.39, 0.29) is 23.1 Å². The van der Waals surface area contributed by atoms with E-state index >= 15 is 0 Å². The predicted molar refractivity (Wildman–Crippen MR) is 73.1 cm³/mol. The highest BCUT2D eigenvalue weighted by Crippen LogP contribution is 2.50. The molecule has 2 amide bonds. The van der Waals surface area contributed by atoms with Gasteiger partial charge in [0.25, 0.3) is 5.91 Å². The molecule has 1 aromatic heterocycles. The first-order chi connectivity index (χ1) is 9.66. The quantitative estimate of drug-likeness (QED) is 0.893. The molecule has 3 rings (SSSR count). The van der Waals surface area contributed by atoms with Crippen molar-refractivity contribution in [2.45, 2.75) is 25.7 Å². The number of carbonyl (C=O) groups is 2. The summed E-state index contributed by atoms with van der Waals surface area (Å²) in [7, 11) is 1.69. The Balaban J connectivity index is 1.75. The molecule has 2 fully saturated rings. The van der Waals surface area contributed by atoms with Crippen LogP contribution in [0.15, 0.2) is 23.0 Å². The van der Waals surface area contributed by atoms with Crippen LogP contribution in [-0.2, 0) is 4.79 Å². The van der Waals surface area contributed by atoms with Crippen LogP contribution in [0.4, 0.5) is 0 Å². The number of carbonyl (C=O) groups excluding carboxylic acids is 2. The minimum atomic E-state index is -0.0144. The maximum Gasteiger partial charge on any atom is 0.257 e. The molecular formula is C15H20N2O3. The molecule has 1 aliphatic carbocycles. The fourth-order valence-electron chi connectivity index (χ4n) is 3.85. The largest absolute Gasteiger partial charge is 0.472 e. The van der Waals surface area contributed by atoms with Gasteiger partial charge in [-0.2, -0.15) is 0 Å². The lowest BCUT2D eigenvalue weighted by Crippen LogP contribution is -2.40. The fourth-order valence-corrected chi connectivity index (χ4v) is 3.85. The van der Waals surface area contributed by atoms with E-state index in [1.54, 1.807) is 13.1 Å². The monoisotopic (exact) mass is 276 g/mol. The molecule has 2 atom stereocenters. The van der Waals surface area contributed by atoms with E-state index in [1.807, 2.05) is 4.90 Å². The molecule has 20 heavy (non-hydrogen) atoms. The molecule has 2 aliphatic rings. The summed E-state index contributed by atoms with van der Waals surface area (Å²) in [4.78, 5) is 26.3. The van der Waals surface area contributed by atoms with Gasteiger partial charge in [0.15, 0.2) is 0 Å². The Morgan fingerprint density at radius 1 is 1.45 bits per heavy atom. The van der Waals surface area contributed by atoms with Crippen molar-refractivity contribution in [2.75, 3.05) is 20.1 Å². The Morgan fingerprint density at radius 3 is 3.00 bits per heavy atom. The molecule has 0 radical (unpaired) electrons. The molecule has 1 aromatic rings. The molecule has 1 saturated heterocycles. The van der Waals surface area contributed by atoms with Gasteiger partial charge in [0.05, 0.1) is 11.8 Å². The lowest BCUT2D eigenvalue weighted by atomic mass is 9.76. The number of amides is 2. The predicted octanol–water partition coefficient (Wildman–Crippen LogP) is 1.66. The summed E-state index contributed by atoms with van der Waals surface area (Å²) in [6, 6.07) is 1.69. The highest BCUT2D eigenvalue weighted by Gasteiger charge is 2.51. The lowest BCUT2D eigenvalue weighted by Gasteiger charge is -2.30. The summed E-state index contributed by atoms with van der Waals surface area (Å²) in [5.74, 6) is 0.188. The van der Waals surface area contributed by atoms with Crippen LogP contribution in [0.3, 0.4) is 0 Å². The van der Waals surface area contributed by atoms with Crippen molar-refractivity contribution in [1.82, 2.24) is 10.2 Å². The molecule has 2 heterocycles. The summed E-state index contributed by atoms with van der Waals surface area (Å²) in [6.45, 7) is 1.42. The third-order valence-electron chi connectivity index (χ3n) is 4.91. The number of likely N-dealkylation sites (tertiary alicyclic amines) is 1. The van der Waals surface area contributed by atoms with Gasteiger partial charge in [0, 0.05) is 31.5 Å². The highest BCUT2D eigenvalue weighted by molar-refractivity contribution is 5.94. The number of nitrogens with zero attached hydrogens (tertiary/aromatic N) is 1. The van der Waals surface area contributed by atoms with Crippen molar-refractivity contribution in [2.24, 2.45) is 11.3 Å². The number of furan rings is 1. The normalized spacial score (nSPS) is 29.1. The third kappa shape index (κ3) is 2.01. The minimum absolute atomic E-state index is 0.0122. The Kier molecular flexibility index (Phi) is 3.28. The molecule has 1 saturated carbocycles.